The first-order valence-electron chi connectivity index (χ1n) is 9.93. The van der Waals surface area contributed by atoms with Crippen LogP contribution in [0.4, 0.5) is 5.69 Å². The number of nitrogens with zero attached hydrogens (tertiary/aromatic N) is 2. The maximum Gasteiger partial charge on any atom is 0.282 e. The SMILES string of the molecule is CC(C)c1csc(C(=O)N2CC[C@@H](Oc3ccc4c(c3)NC(=O)CC4)[C@H](O)C2)n1. The number of likely N-dealkylation sites (tertiary alicyclic amines) is 1. The average molecular weight is 416 g/mol. The summed E-state index contributed by atoms with van der Waals surface area (Å²) >= 11 is 1.35. The van der Waals surface area contributed by atoms with Gasteiger partial charge in [0.25, 0.3) is 5.91 Å². The van der Waals surface area contributed by atoms with Gasteiger partial charge >= 0.3 is 0 Å². The lowest BCUT2D eigenvalue weighted by molar-refractivity contribution is -0.116. The van der Waals surface area contributed by atoms with Crippen LogP contribution in [0.2, 0.25) is 0 Å². The number of aryl methyl sites for hydroxylation is 1. The number of ether oxygens (including phenoxy) is 1. The van der Waals surface area contributed by atoms with Gasteiger partial charge in [-0.2, -0.15) is 0 Å². The fraction of sp³-hybridized carbons (Fsp3) is 0.476. The number of fused-ring (bicyclic) bond motifs is 1. The van der Waals surface area contributed by atoms with Crippen molar-refractivity contribution in [2.45, 2.75) is 51.2 Å². The number of nitrogens with one attached hydrogen (secondary N) is 1. The topological polar surface area (TPSA) is 91.8 Å². The van der Waals surface area contributed by atoms with Crippen molar-refractivity contribution in [1.29, 1.82) is 0 Å². The van der Waals surface area contributed by atoms with Crippen molar-refractivity contribution >= 4 is 28.8 Å². The van der Waals surface area contributed by atoms with Crippen LogP contribution in [0.1, 0.15) is 53.7 Å². The van der Waals surface area contributed by atoms with Crippen LogP contribution in [0.3, 0.4) is 0 Å². The van der Waals surface area contributed by atoms with E-state index >= 15 is 0 Å². The van der Waals surface area contributed by atoms with E-state index in [1.54, 1.807) is 11.0 Å². The number of carbonyl (C=O) groups excluding carboxylic acids is 2. The predicted molar refractivity (Wildman–Crippen MR) is 111 cm³/mol. The molecule has 0 radical (unpaired) electrons. The summed E-state index contributed by atoms with van der Waals surface area (Å²) in [5, 5.41) is 15.8. The minimum Gasteiger partial charge on any atom is -0.488 e. The monoisotopic (exact) mass is 415 g/mol. The van der Waals surface area contributed by atoms with Crippen molar-refractivity contribution in [1.82, 2.24) is 9.88 Å². The first-order valence-corrected chi connectivity index (χ1v) is 10.8. The molecule has 2 amide bonds. The zero-order valence-electron chi connectivity index (χ0n) is 16.6. The Morgan fingerprint density at radius 3 is 2.93 bits per heavy atom. The Hall–Kier alpha value is -2.45. The van der Waals surface area contributed by atoms with E-state index in [2.05, 4.69) is 10.3 Å². The Kier molecular flexibility index (Phi) is 5.56. The number of amides is 2. The van der Waals surface area contributed by atoms with Crippen LogP contribution in [-0.4, -0.2) is 52.1 Å². The Morgan fingerprint density at radius 1 is 1.38 bits per heavy atom. The molecule has 29 heavy (non-hydrogen) atoms. The molecule has 1 fully saturated rings. The number of hydrogen-bond donors (Lipinski definition) is 2. The van der Waals surface area contributed by atoms with Crippen LogP contribution in [0, 0.1) is 0 Å². The van der Waals surface area contributed by atoms with Crippen molar-refractivity contribution in [2.75, 3.05) is 18.4 Å². The summed E-state index contributed by atoms with van der Waals surface area (Å²) in [6.45, 7) is 4.80. The summed E-state index contributed by atoms with van der Waals surface area (Å²) in [5.74, 6) is 0.746. The highest BCUT2D eigenvalue weighted by Gasteiger charge is 2.33. The maximum absolute atomic E-state index is 12.7. The molecule has 2 aromatic rings. The fourth-order valence-corrected chi connectivity index (χ4v) is 4.56. The highest BCUT2D eigenvalue weighted by atomic mass is 32.1. The second-order valence-corrected chi connectivity index (χ2v) is 8.72. The van der Waals surface area contributed by atoms with E-state index < -0.39 is 12.2 Å². The van der Waals surface area contributed by atoms with Crippen molar-refractivity contribution in [3.63, 3.8) is 0 Å². The fourth-order valence-electron chi connectivity index (χ4n) is 3.62. The Labute approximate surface area is 173 Å². The number of benzene rings is 1. The third-order valence-corrected chi connectivity index (χ3v) is 6.22. The molecular formula is C21H25N3O4S. The zero-order chi connectivity index (χ0) is 20.5. The van der Waals surface area contributed by atoms with Gasteiger partial charge in [0.15, 0.2) is 5.01 Å². The lowest BCUT2D eigenvalue weighted by atomic mass is 10.0. The van der Waals surface area contributed by atoms with E-state index in [4.69, 9.17) is 4.74 Å². The molecule has 4 rings (SSSR count). The number of aliphatic hydroxyl groups excluding tert-OH is 1. The number of thiazole rings is 1. The molecule has 0 spiro atoms. The molecular weight excluding hydrogens is 390 g/mol. The molecule has 0 aliphatic carbocycles. The number of aromatic nitrogens is 1. The molecule has 154 valence electrons. The third kappa shape index (κ3) is 4.28. The second-order valence-electron chi connectivity index (χ2n) is 7.86. The van der Waals surface area contributed by atoms with Crippen molar-refractivity contribution in [3.05, 3.63) is 39.8 Å². The summed E-state index contributed by atoms with van der Waals surface area (Å²) in [6.07, 6.45) is 0.552. The predicted octanol–water partition coefficient (Wildman–Crippen LogP) is 2.81. The van der Waals surface area contributed by atoms with Crippen LogP contribution in [0.15, 0.2) is 23.6 Å². The van der Waals surface area contributed by atoms with Gasteiger partial charge < -0.3 is 20.1 Å². The van der Waals surface area contributed by atoms with Crippen LogP contribution in [0.5, 0.6) is 5.75 Å². The maximum atomic E-state index is 12.7. The number of piperidine rings is 1. The molecule has 0 saturated carbocycles. The van der Waals surface area contributed by atoms with E-state index in [1.807, 2.05) is 31.4 Å². The largest absolute Gasteiger partial charge is 0.488 e. The smallest absolute Gasteiger partial charge is 0.282 e. The Morgan fingerprint density at radius 2 is 2.21 bits per heavy atom. The molecule has 2 aliphatic heterocycles. The van der Waals surface area contributed by atoms with Crippen molar-refractivity contribution in [3.8, 4) is 5.75 Å². The molecule has 2 N–H and O–H groups in total. The highest BCUT2D eigenvalue weighted by Crippen LogP contribution is 2.29. The number of aliphatic hydroxyl groups is 1. The van der Waals surface area contributed by atoms with Crippen LogP contribution < -0.4 is 10.1 Å². The molecule has 2 atom stereocenters. The second kappa shape index (κ2) is 8.12. The van der Waals surface area contributed by atoms with Crippen LogP contribution >= 0.6 is 11.3 Å². The summed E-state index contributed by atoms with van der Waals surface area (Å²) in [7, 11) is 0. The molecule has 1 saturated heterocycles. The van der Waals surface area contributed by atoms with Crippen molar-refractivity contribution in [2.24, 2.45) is 0 Å². The van der Waals surface area contributed by atoms with E-state index in [0.29, 0.717) is 30.1 Å². The summed E-state index contributed by atoms with van der Waals surface area (Å²) in [6, 6.07) is 5.62. The number of carbonyl (C=O) groups is 2. The van der Waals surface area contributed by atoms with Gasteiger partial charge in [-0.25, -0.2) is 4.98 Å². The van der Waals surface area contributed by atoms with Crippen LogP contribution in [0.25, 0.3) is 0 Å². The van der Waals surface area contributed by atoms with E-state index in [9.17, 15) is 14.7 Å². The molecule has 1 aromatic heterocycles. The van der Waals surface area contributed by atoms with Gasteiger partial charge in [0.05, 0.1) is 12.2 Å². The van der Waals surface area contributed by atoms with Gasteiger partial charge in [-0.05, 0) is 24.0 Å². The molecule has 7 nitrogen and oxygen atoms in total. The molecule has 0 bridgehead atoms. The van der Waals surface area contributed by atoms with Gasteiger partial charge in [-0.3, -0.25) is 9.59 Å². The Balaban J connectivity index is 1.38. The van der Waals surface area contributed by atoms with Crippen LogP contribution in [-0.2, 0) is 11.2 Å². The zero-order valence-corrected chi connectivity index (χ0v) is 17.4. The van der Waals surface area contributed by atoms with Gasteiger partial charge in [-0.1, -0.05) is 19.9 Å². The minimum atomic E-state index is -0.789. The normalized spacial score (nSPS) is 21.7. The van der Waals surface area contributed by atoms with Crippen molar-refractivity contribution < 1.29 is 19.4 Å². The first kappa shape index (κ1) is 19.8. The van der Waals surface area contributed by atoms with Gasteiger partial charge in [0.2, 0.25) is 5.91 Å². The molecule has 2 aliphatic rings. The quantitative estimate of drug-likeness (QED) is 0.801. The summed E-state index contributed by atoms with van der Waals surface area (Å²) < 4.78 is 5.99. The average Bonchev–Trinajstić information content (AvgIpc) is 3.19. The third-order valence-electron chi connectivity index (χ3n) is 5.37. The Bertz CT molecular complexity index is 926. The lowest BCUT2D eigenvalue weighted by Crippen LogP contribution is -2.51. The molecule has 3 heterocycles. The lowest BCUT2D eigenvalue weighted by Gasteiger charge is -2.35. The van der Waals surface area contributed by atoms with Gasteiger partial charge in [0.1, 0.15) is 18.0 Å². The molecule has 8 heteroatoms. The molecule has 0 unspecified atom stereocenters. The summed E-state index contributed by atoms with van der Waals surface area (Å²) in [4.78, 5) is 30.4. The number of hydrogen-bond acceptors (Lipinski definition) is 6. The van der Waals surface area contributed by atoms with E-state index in [1.165, 1.54) is 11.3 Å². The highest BCUT2D eigenvalue weighted by molar-refractivity contribution is 7.11. The minimum absolute atomic E-state index is 0.00400. The van der Waals surface area contributed by atoms with E-state index in [-0.39, 0.29) is 24.3 Å². The molecule has 1 aromatic carbocycles. The van der Waals surface area contributed by atoms with Gasteiger partial charge in [-0.15, -0.1) is 11.3 Å². The standard InChI is InChI=1S/C21H25N3O4S/c1-12(2)16-11-29-20(23-16)21(27)24-8-7-18(17(25)10-24)28-14-5-3-13-4-6-19(26)22-15(13)9-14/h3,5,9,11-12,17-18,25H,4,6-8,10H2,1-2H3,(H,22,26)/t17-,18-/m1/s1. The first-order chi connectivity index (χ1) is 13.9. The van der Waals surface area contributed by atoms with Gasteiger partial charge in [0, 0.05) is 36.5 Å². The number of β-amino-alcohol motifs (C(OH)–C–C–N with tert-alkyl or cyclic N) is 1. The number of anilines is 1. The van der Waals surface area contributed by atoms with E-state index in [0.717, 1.165) is 23.4 Å². The summed E-state index contributed by atoms with van der Waals surface area (Å²) in [5.41, 5.74) is 2.77. The number of rotatable bonds is 4.